The lowest BCUT2D eigenvalue weighted by Gasteiger charge is -2.28. The Balaban J connectivity index is 0.00000149. The molecule has 3 heterocycles. The van der Waals surface area contributed by atoms with Gasteiger partial charge in [-0.05, 0) is 44.0 Å². The molecule has 33 heavy (non-hydrogen) atoms. The molecule has 1 aliphatic rings. The van der Waals surface area contributed by atoms with Crippen LogP contribution in [-0.2, 0) is 14.8 Å². The van der Waals surface area contributed by atoms with Crippen molar-refractivity contribution >= 4 is 44.8 Å². The number of aryl methyl sites for hydroxylation is 1. The van der Waals surface area contributed by atoms with Gasteiger partial charge in [-0.15, -0.1) is 0 Å². The van der Waals surface area contributed by atoms with Gasteiger partial charge >= 0.3 is 5.97 Å². The van der Waals surface area contributed by atoms with Gasteiger partial charge in [0.05, 0.1) is 24.9 Å². The Morgan fingerprint density at radius 1 is 1.12 bits per heavy atom. The topological polar surface area (TPSA) is 98.7 Å². The fourth-order valence-electron chi connectivity index (χ4n) is 3.31. The third kappa shape index (κ3) is 5.39. The molecule has 0 radical (unpaired) electrons. The maximum Gasteiger partial charge on any atom is 0.360 e. The molecule has 0 aliphatic carbocycles. The monoisotopic (exact) mass is 489 g/mol. The Labute approximate surface area is 198 Å². The number of aromatic nitrogens is 2. The zero-order valence-electron chi connectivity index (χ0n) is 19.1. The van der Waals surface area contributed by atoms with Crippen LogP contribution in [0.25, 0.3) is 10.9 Å². The first-order valence-corrected chi connectivity index (χ1v) is 13.0. The van der Waals surface area contributed by atoms with Gasteiger partial charge in [0.2, 0.25) is 10.0 Å². The molecule has 10 heteroatoms. The van der Waals surface area contributed by atoms with Crippen molar-refractivity contribution in [2.24, 2.45) is 0 Å². The summed E-state index contributed by atoms with van der Waals surface area (Å²) in [6, 6.07) is 11.1. The van der Waals surface area contributed by atoms with E-state index in [4.69, 9.17) is 8.92 Å². The number of carbonyl (C=O) groups is 1. The Morgan fingerprint density at radius 3 is 2.52 bits per heavy atom. The van der Waals surface area contributed by atoms with Crippen molar-refractivity contribution in [2.45, 2.75) is 38.5 Å². The van der Waals surface area contributed by atoms with E-state index in [1.165, 1.54) is 11.4 Å². The minimum absolute atomic E-state index is 0.0333. The number of rotatable bonds is 5. The van der Waals surface area contributed by atoms with E-state index in [1.54, 1.807) is 18.3 Å². The number of carbonyl (C=O) groups excluding carboxylic acids is 1. The Kier molecular flexibility index (Phi) is 8.15. The summed E-state index contributed by atoms with van der Waals surface area (Å²) in [5.41, 5.74) is 1.33. The second kappa shape index (κ2) is 10.8. The first kappa shape index (κ1) is 24.8. The molecule has 0 amide bonds. The SMILES string of the molecule is CC.COC(=O)c1nc(N2CCCCS2(=O)=O)c2cccnc2c1OSc1ccc(C)cc1. The molecule has 2 aromatic heterocycles. The minimum atomic E-state index is -3.54. The lowest BCUT2D eigenvalue weighted by Crippen LogP contribution is -2.38. The van der Waals surface area contributed by atoms with E-state index in [0.717, 1.165) is 22.5 Å². The van der Waals surface area contributed by atoms with Gasteiger partial charge in [-0.25, -0.2) is 18.2 Å². The number of hydrogen-bond donors (Lipinski definition) is 0. The third-order valence-electron chi connectivity index (χ3n) is 4.90. The molecule has 8 nitrogen and oxygen atoms in total. The smallest absolute Gasteiger partial charge is 0.360 e. The van der Waals surface area contributed by atoms with Gasteiger partial charge in [0.1, 0.15) is 5.52 Å². The summed E-state index contributed by atoms with van der Waals surface area (Å²) in [7, 11) is -2.31. The summed E-state index contributed by atoms with van der Waals surface area (Å²) < 4.78 is 37.5. The number of benzene rings is 1. The number of sulfonamides is 1. The van der Waals surface area contributed by atoms with E-state index >= 15 is 0 Å². The first-order chi connectivity index (χ1) is 15.9. The van der Waals surface area contributed by atoms with Crippen molar-refractivity contribution in [3.63, 3.8) is 0 Å². The molecule has 4 rings (SSSR count). The van der Waals surface area contributed by atoms with Crippen molar-refractivity contribution < 1.29 is 22.1 Å². The van der Waals surface area contributed by atoms with E-state index in [9.17, 15) is 13.2 Å². The maximum atomic E-state index is 12.7. The van der Waals surface area contributed by atoms with E-state index in [0.29, 0.717) is 23.7 Å². The van der Waals surface area contributed by atoms with Crippen LogP contribution in [0.4, 0.5) is 5.82 Å². The highest BCUT2D eigenvalue weighted by atomic mass is 32.2. The van der Waals surface area contributed by atoms with E-state index in [-0.39, 0.29) is 29.6 Å². The van der Waals surface area contributed by atoms with Crippen LogP contribution in [0.2, 0.25) is 0 Å². The average Bonchev–Trinajstić information content (AvgIpc) is 2.84. The van der Waals surface area contributed by atoms with E-state index in [2.05, 4.69) is 9.97 Å². The highest BCUT2D eigenvalue weighted by Gasteiger charge is 2.32. The van der Waals surface area contributed by atoms with Crippen LogP contribution in [0.1, 0.15) is 42.7 Å². The van der Waals surface area contributed by atoms with Gasteiger partial charge in [-0.2, -0.15) is 0 Å². The standard InChI is InChI=1S/C21H21N3O5S2.C2H6/c1-14-7-9-15(10-8-14)30-29-19-17-16(6-5-11-22-17)20(23-18(19)21(25)28-2)24-12-3-4-13-31(24,26)27;1-2/h5-11H,3-4,12-13H2,1-2H3;1-2H3. The van der Waals surface area contributed by atoms with Crippen LogP contribution in [0.15, 0.2) is 47.5 Å². The molecule has 0 bridgehead atoms. The molecule has 0 unspecified atom stereocenters. The minimum Gasteiger partial charge on any atom is -0.464 e. The Bertz CT molecular complexity index is 1230. The summed E-state index contributed by atoms with van der Waals surface area (Å²) in [4.78, 5) is 22.2. The second-order valence-corrected chi connectivity index (χ2v) is 9.90. The van der Waals surface area contributed by atoms with Crippen molar-refractivity contribution in [2.75, 3.05) is 23.7 Å². The number of fused-ring (bicyclic) bond motifs is 1. The molecule has 1 fully saturated rings. The fraction of sp³-hybridized carbons (Fsp3) is 0.348. The van der Waals surface area contributed by atoms with Crippen molar-refractivity contribution in [1.29, 1.82) is 0 Å². The number of methoxy groups -OCH3 is 1. The summed E-state index contributed by atoms with van der Waals surface area (Å²) in [5.74, 6) is -0.407. The summed E-state index contributed by atoms with van der Waals surface area (Å²) >= 11 is 1.06. The lowest BCUT2D eigenvalue weighted by atomic mass is 10.2. The normalized spacial score (nSPS) is 14.8. The molecule has 0 saturated carbocycles. The van der Waals surface area contributed by atoms with Crippen LogP contribution < -0.4 is 8.49 Å². The number of ether oxygens (including phenoxy) is 1. The van der Waals surface area contributed by atoms with E-state index in [1.807, 2.05) is 45.0 Å². The van der Waals surface area contributed by atoms with Gasteiger partial charge < -0.3 is 8.92 Å². The molecule has 1 aromatic carbocycles. The van der Waals surface area contributed by atoms with Crippen LogP contribution in [0.5, 0.6) is 5.75 Å². The summed E-state index contributed by atoms with van der Waals surface area (Å²) in [6.45, 7) is 6.28. The predicted octanol–water partition coefficient (Wildman–Crippen LogP) is 4.77. The Hall–Kier alpha value is -2.85. The number of nitrogens with zero attached hydrogens (tertiary/aromatic N) is 3. The first-order valence-electron chi connectivity index (χ1n) is 10.7. The molecule has 3 aromatic rings. The van der Waals surface area contributed by atoms with Crippen molar-refractivity contribution in [3.8, 4) is 5.75 Å². The molecular weight excluding hydrogens is 462 g/mol. The second-order valence-electron chi connectivity index (χ2n) is 7.08. The van der Waals surface area contributed by atoms with Gasteiger partial charge in [0.15, 0.2) is 17.3 Å². The summed E-state index contributed by atoms with van der Waals surface area (Å²) in [5, 5.41) is 0.486. The van der Waals surface area contributed by atoms with Crippen molar-refractivity contribution in [1.82, 2.24) is 9.97 Å². The lowest BCUT2D eigenvalue weighted by molar-refractivity contribution is 0.0592. The highest BCUT2D eigenvalue weighted by molar-refractivity contribution is 7.95. The molecule has 1 saturated heterocycles. The number of esters is 1. The highest BCUT2D eigenvalue weighted by Crippen LogP contribution is 2.38. The van der Waals surface area contributed by atoms with Crippen LogP contribution in [0, 0.1) is 6.92 Å². The maximum absolute atomic E-state index is 12.7. The van der Waals surface area contributed by atoms with Crippen LogP contribution >= 0.6 is 12.0 Å². The zero-order chi connectivity index (χ0) is 24.0. The van der Waals surface area contributed by atoms with Gasteiger partial charge in [0, 0.05) is 23.0 Å². The van der Waals surface area contributed by atoms with Gasteiger partial charge in [0.25, 0.3) is 0 Å². The molecule has 1 aliphatic heterocycles. The predicted molar refractivity (Wildman–Crippen MR) is 130 cm³/mol. The molecular formula is C23H27N3O5S2. The molecule has 0 N–H and O–H groups in total. The van der Waals surface area contributed by atoms with Crippen LogP contribution in [0.3, 0.4) is 0 Å². The molecule has 0 spiro atoms. The quantitative estimate of drug-likeness (QED) is 0.373. The number of anilines is 1. The van der Waals surface area contributed by atoms with Crippen molar-refractivity contribution in [3.05, 3.63) is 53.9 Å². The van der Waals surface area contributed by atoms with Crippen LogP contribution in [-0.4, -0.2) is 43.8 Å². The third-order valence-corrected chi connectivity index (χ3v) is 7.45. The largest absolute Gasteiger partial charge is 0.464 e. The Morgan fingerprint density at radius 2 is 1.85 bits per heavy atom. The van der Waals surface area contributed by atoms with Gasteiger partial charge in [-0.3, -0.25) is 9.29 Å². The summed E-state index contributed by atoms with van der Waals surface area (Å²) in [6.07, 6.45) is 2.85. The molecule has 0 atom stereocenters. The number of pyridine rings is 2. The average molecular weight is 490 g/mol. The van der Waals surface area contributed by atoms with E-state index < -0.39 is 16.0 Å². The molecule has 176 valence electrons. The number of hydrogen-bond acceptors (Lipinski definition) is 8. The zero-order valence-corrected chi connectivity index (χ0v) is 20.7. The van der Waals surface area contributed by atoms with Gasteiger partial charge in [-0.1, -0.05) is 31.5 Å². The fourth-order valence-corrected chi connectivity index (χ4v) is 5.49.